The summed E-state index contributed by atoms with van der Waals surface area (Å²) in [5, 5.41) is 17.9. The summed E-state index contributed by atoms with van der Waals surface area (Å²) in [6.07, 6.45) is 0. The van der Waals surface area contributed by atoms with Crippen LogP contribution in [0.2, 0.25) is 0 Å². The lowest BCUT2D eigenvalue weighted by Crippen LogP contribution is -2.25. The maximum Gasteiger partial charge on any atom is 0.312 e. The van der Waals surface area contributed by atoms with Crippen molar-refractivity contribution in [2.24, 2.45) is 7.05 Å². The molecule has 1 unspecified atom stereocenters. The number of hydrogen-bond acceptors (Lipinski definition) is 4. The first kappa shape index (κ1) is 21.2. The maximum atomic E-state index is 12.8. The van der Waals surface area contributed by atoms with Crippen molar-refractivity contribution in [1.29, 1.82) is 0 Å². The van der Waals surface area contributed by atoms with Crippen LogP contribution in [0.15, 0.2) is 47.3 Å². The maximum absolute atomic E-state index is 12.8. The van der Waals surface area contributed by atoms with E-state index in [1.165, 1.54) is 4.57 Å². The first-order valence-corrected chi connectivity index (χ1v) is 8.80. The standard InChI is InChI=1S/C21H21NO4.CH4O/c1-12-5-10-16-17(11-12)18(14-6-8-15(26-4)9-7-14)19(13(2)21(24)25)22(3)20(16)23;1-2/h5-11,13H,1-4H3,(H,24,25);2H,1H3. The highest BCUT2D eigenvalue weighted by molar-refractivity contribution is 5.99. The number of carboxylic acid groups (broad SMARTS) is 1. The number of aliphatic carboxylic acids is 1. The van der Waals surface area contributed by atoms with Crippen LogP contribution >= 0.6 is 0 Å². The Morgan fingerprint density at radius 1 is 1.07 bits per heavy atom. The van der Waals surface area contributed by atoms with Crippen LogP contribution in [0.3, 0.4) is 0 Å². The number of ether oxygens (including phenoxy) is 1. The molecule has 2 N–H and O–H groups in total. The van der Waals surface area contributed by atoms with Crippen molar-refractivity contribution in [2.75, 3.05) is 14.2 Å². The second-order valence-electron chi connectivity index (χ2n) is 6.46. The van der Waals surface area contributed by atoms with E-state index < -0.39 is 11.9 Å². The summed E-state index contributed by atoms with van der Waals surface area (Å²) in [5.41, 5.74) is 2.92. The number of aromatic nitrogens is 1. The predicted octanol–water partition coefficient (Wildman–Crippen LogP) is 3.32. The minimum Gasteiger partial charge on any atom is -0.497 e. The van der Waals surface area contributed by atoms with Gasteiger partial charge in [0.1, 0.15) is 5.75 Å². The lowest BCUT2D eigenvalue weighted by atomic mass is 9.91. The van der Waals surface area contributed by atoms with Crippen molar-refractivity contribution in [3.63, 3.8) is 0 Å². The molecule has 0 aliphatic heterocycles. The third-order valence-electron chi connectivity index (χ3n) is 4.76. The van der Waals surface area contributed by atoms with Gasteiger partial charge in [0.05, 0.1) is 13.0 Å². The smallest absolute Gasteiger partial charge is 0.312 e. The van der Waals surface area contributed by atoms with E-state index in [2.05, 4.69) is 0 Å². The van der Waals surface area contributed by atoms with Crippen molar-refractivity contribution in [3.05, 3.63) is 64.1 Å². The van der Waals surface area contributed by atoms with Gasteiger partial charge in [-0.15, -0.1) is 0 Å². The largest absolute Gasteiger partial charge is 0.497 e. The Morgan fingerprint density at radius 2 is 1.68 bits per heavy atom. The summed E-state index contributed by atoms with van der Waals surface area (Å²) in [4.78, 5) is 24.5. The molecule has 6 heteroatoms. The molecule has 0 aliphatic rings. The number of aryl methyl sites for hydroxylation is 1. The molecule has 3 rings (SSSR count). The fraction of sp³-hybridized carbons (Fsp3) is 0.273. The molecule has 1 aromatic heterocycles. The normalized spacial score (nSPS) is 11.5. The van der Waals surface area contributed by atoms with Crippen molar-refractivity contribution in [1.82, 2.24) is 4.57 Å². The Morgan fingerprint density at radius 3 is 2.21 bits per heavy atom. The van der Waals surface area contributed by atoms with Gasteiger partial charge >= 0.3 is 5.97 Å². The van der Waals surface area contributed by atoms with Crippen LogP contribution in [0.4, 0.5) is 0 Å². The van der Waals surface area contributed by atoms with Crippen LogP contribution in [0.5, 0.6) is 5.75 Å². The number of aliphatic hydroxyl groups is 1. The molecule has 0 amide bonds. The van der Waals surface area contributed by atoms with Crippen LogP contribution in [-0.4, -0.2) is 35.0 Å². The third-order valence-corrected chi connectivity index (χ3v) is 4.76. The van der Waals surface area contributed by atoms with Crippen molar-refractivity contribution < 1.29 is 19.7 Å². The van der Waals surface area contributed by atoms with Crippen LogP contribution in [0.25, 0.3) is 21.9 Å². The quantitative estimate of drug-likeness (QED) is 0.721. The number of aliphatic hydroxyl groups excluding tert-OH is 1. The van der Waals surface area contributed by atoms with Gasteiger partial charge in [0, 0.05) is 30.8 Å². The molecule has 0 bridgehead atoms. The molecule has 2 aromatic carbocycles. The summed E-state index contributed by atoms with van der Waals surface area (Å²) in [6, 6.07) is 13.1. The SMILES string of the molecule is CO.COc1ccc(-c2c(C(C)C(=O)O)n(C)c(=O)c3ccc(C)cc23)cc1. The average Bonchev–Trinajstić information content (AvgIpc) is 2.71. The number of hydrogen-bond donors (Lipinski definition) is 2. The number of methoxy groups -OCH3 is 1. The highest BCUT2D eigenvalue weighted by Gasteiger charge is 2.25. The Bertz CT molecular complexity index is 1050. The van der Waals surface area contributed by atoms with E-state index in [4.69, 9.17) is 9.84 Å². The molecule has 0 radical (unpaired) electrons. The number of carboxylic acids is 1. The van der Waals surface area contributed by atoms with Gasteiger partial charge in [0.15, 0.2) is 0 Å². The highest BCUT2D eigenvalue weighted by atomic mass is 16.5. The topological polar surface area (TPSA) is 88.8 Å². The van der Waals surface area contributed by atoms with Gasteiger partial charge in [-0.05, 0) is 43.0 Å². The number of pyridine rings is 1. The lowest BCUT2D eigenvalue weighted by Gasteiger charge is -2.20. The van der Waals surface area contributed by atoms with E-state index in [1.54, 1.807) is 27.1 Å². The van der Waals surface area contributed by atoms with Gasteiger partial charge in [0.25, 0.3) is 5.56 Å². The zero-order valence-electron chi connectivity index (χ0n) is 16.7. The molecular formula is C22H25NO5. The number of fused-ring (bicyclic) bond motifs is 1. The monoisotopic (exact) mass is 383 g/mol. The Balaban J connectivity index is 0.00000136. The van der Waals surface area contributed by atoms with Gasteiger partial charge in [-0.1, -0.05) is 29.8 Å². The molecule has 1 atom stereocenters. The molecule has 0 aliphatic carbocycles. The van der Waals surface area contributed by atoms with Gasteiger partial charge < -0.3 is 19.5 Å². The zero-order chi connectivity index (χ0) is 21.0. The molecule has 0 saturated carbocycles. The summed E-state index contributed by atoms with van der Waals surface area (Å²) >= 11 is 0. The molecule has 0 fully saturated rings. The van der Waals surface area contributed by atoms with Crippen LogP contribution in [-0.2, 0) is 11.8 Å². The Kier molecular flexibility index (Phi) is 6.59. The van der Waals surface area contributed by atoms with Crippen molar-refractivity contribution in [3.8, 4) is 16.9 Å². The first-order valence-electron chi connectivity index (χ1n) is 8.80. The van der Waals surface area contributed by atoms with Crippen LogP contribution < -0.4 is 10.3 Å². The first-order chi connectivity index (χ1) is 13.3. The van der Waals surface area contributed by atoms with E-state index in [1.807, 2.05) is 43.3 Å². The molecule has 148 valence electrons. The van der Waals surface area contributed by atoms with Gasteiger partial charge in [-0.2, -0.15) is 0 Å². The average molecular weight is 383 g/mol. The molecule has 0 spiro atoms. The minimum absolute atomic E-state index is 0.194. The number of carbonyl (C=O) groups is 1. The third kappa shape index (κ3) is 3.77. The molecule has 3 aromatic rings. The van der Waals surface area contributed by atoms with Crippen LogP contribution in [0, 0.1) is 6.92 Å². The Hall–Kier alpha value is -3.12. The van der Waals surface area contributed by atoms with Crippen molar-refractivity contribution >= 4 is 16.7 Å². The van der Waals surface area contributed by atoms with E-state index in [-0.39, 0.29) is 5.56 Å². The second kappa shape index (κ2) is 8.71. The molecule has 28 heavy (non-hydrogen) atoms. The summed E-state index contributed by atoms with van der Waals surface area (Å²) in [7, 11) is 4.22. The van der Waals surface area contributed by atoms with E-state index >= 15 is 0 Å². The lowest BCUT2D eigenvalue weighted by molar-refractivity contribution is -0.138. The Labute approximate surface area is 163 Å². The number of rotatable bonds is 4. The fourth-order valence-electron chi connectivity index (χ4n) is 3.33. The van der Waals surface area contributed by atoms with E-state index in [9.17, 15) is 14.7 Å². The highest BCUT2D eigenvalue weighted by Crippen LogP contribution is 2.35. The summed E-state index contributed by atoms with van der Waals surface area (Å²) < 4.78 is 6.68. The second-order valence-corrected chi connectivity index (χ2v) is 6.46. The number of nitrogens with zero attached hydrogens (tertiary/aromatic N) is 1. The summed E-state index contributed by atoms with van der Waals surface area (Å²) in [6.45, 7) is 3.56. The zero-order valence-corrected chi connectivity index (χ0v) is 16.7. The van der Waals surface area contributed by atoms with E-state index in [0.29, 0.717) is 16.8 Å². The van der Waals surface area contributed by atoms with Crippen molar-refractivity contribution in [2.45, 2.75) is 19.8 Å². The fourth-order valence-corrected chi connectivity index (χ4v) is 3.33. The van der Waals surface area contributed by atoms with Gasteiger partial charge in [-0.25, -0.2) is 0 Å². The van der Waals surface area contributed by atoms with Crippen LogP contribution in [0.1, 0.15) is 24.1 Å². The number of benzene rings is 2. The minimum atomic E-state index is -0.971. The molecule has 0 saturated heterocycles. The molecular weight excluding hydrogens is 358 g/mol. The van der Waals surface area contributed by atoms with Gasteiger partial charge in [0.2, 0.25) is 0 Å². The van der Waals surface area contributed by atoms with Gasteiger partial charge in [-0.3, -0.25) is 9.59 Å². The predicted molar refractivity (Wildman–Crippen MR) is 110 cm³/mol. The van der Waals surface area contributed by atoms with E-state index in [0.717, 1.165) is 29.2 Å². The molecule has 1 heterocycles. The molecule has 6 nitrogen and oxygen atoms in total. The summed E-state index contributed by atoms with van der Waals surface area (Å²) in [5.74, 6) is -1.08.